The van der Waals surface area contributed by atoms with Gasteiger partial charge in [0.15, 0.2) is 0 Å². The van der Waals surface area contributed by atoms with Crippen LogP contribution in [0, 0.1) is 0 Å². The van der Waals surface area contributed by atoms with Gasteiger partial charge < -0.3 is 10.2 Å². The second-order valence-electron chi connectivity index (χ2n) is 6.48. The molecule has 0 aromatic heterocycles. The van der Waals surface area contributed by atoms with Crippen molar-refractivity contribution < 1.29 is 4.79 Å². The van der Waals surface area contributed by atoms with Crippen LogP contribution in [0.1, 0.15) is 22.3 Å². The van der Waals surface area contributed by atoms with Crippen LogP contribution in [0.4, 0.5) is 5.69 Å². The second kappa shape index (κ2) is 7.84. The first-order valence-corrected chi connectivity index (χ1v) is 8.67. The van der Waals surface area contributed by atoms with Gasteiger partial charge in [0.1, 0.15) is 0 Å². The topological polar surface area (TPSA) is 32.3 Å². The number of aryl methyl sites for hydroxylation is 1. The minimum Gasteiger partial charge on any atom is -0.378 e. The van der Waals surface area contributed by atoms with E-state index in [2.05, 4.69) is 40.5 Å². The van der Waals surface area contributed by atoms with Gasteiger partial charge in [-0.05, 0) is 53.4 Å². The van der Waals surface area contributed by atoms with Gasteiger partial charge in [0.25, 0.3) is 5.91 Å². The van der Waals surface area contributed by atoms with Crippen molar-refractivity contribution in [3.8, 4) is 0 Å². The molecule has 0 aliphatic heterocycles. The summed E-state index contributed by atoms with van der Waals surface area (Å²) in [5.41, 5.74) is 3.22. The smallest absolute Gasteiger partial charge is 0.251 e. The maximum atomic E-state index is 12.3. The molecule has 0 saturated carbocycles. The third kappa shape index (κ3) is 4.38. The molecule has 3 rings (SSSR count). The van der Waals surface area contributed by atoms with Crippen molar-refractivity contribution in [2.75, 3.05) is 25.5 Å². The van der Waals surface area contributed by atoms with E-state index in [1.807, 2.05) is 50.5 Å². The Hall–Kier alpha value is -2.81. The zero-order valence-corrected chi connectivity index (χ0v) is 14.8. The number of rotatable bonds is 6. The van der Waals surface area contributed by atoms with Gasteiger partial charge in [0.05, 0.1) is 0 Å². The summed E-state index contributed by atoms with van der Waals surface area (Å²) in [5, 5.41) is 5.26. The van der Waals surface area contributed by atoms with Crippen molar-refractivity contribution in [2.45, 2.75) is 12.8 Å². The minimum absolute atomic E-state index is 0.00583. The van der Waals surface area contributed by atoms with E-state index >= 15 is 0 Å². The zero-order valence-electron chi connectivity index (χ0n) is 14.8. The molecular formula is C22H24N2O. The predicted molar refractivity (Wildman–Crippen MR) is 105 cm³/mol. The van der Waals surface area contributed by atoms with E-state index in [0.29, 0.717) is 12.1 Å². The molecule has 3 nitrogen and oxygen atoms in total. The number of nitrogens with zero attached hydrogens (tertiary/aromatic N) is 1. The monoisotopic (exact) mass is 332 g/mol. The average molecular weight is 332 g/mol. The van der Waals surface area contributed by atoms with E-state index in [-0.39, 0.29) is 5.91 Å². The molecule has 0 radical (unpaired) electrons. The first-order chi connectivity index (χ1) is 12.1. The maximum absolute atomic E-state index is 12.3. The lowest BCUT2D eigenvalue weighted by atomic mass is 10.1. The number of hydrogen-bond donors (Lipinski definition) is 1. The van der Waals surface area contributed by atoms with Crippen LogP contribution >= 0.6 is 0 Å². The van der Waals surface area contributed by atoms with Gasteiger partial charge in [-0.25, -0.2) is 0 Å². The molecule has 0 spiro atoms. The quantitative estimate of drug-likeness (QED) is 0.684. The van der Waals surface area contributed by atoms with Crippen LogP contribution in [0.5, 0.6) is 0 Å². The highest BCUT2D eigenvalue weighted by molar-refractivity contribution is 5.98. The number of fused-ring (bicyclic) bond motifs is 1. The summed E-state index contributed by atoms with van der Waals surface area (Å²) in [6.07, 6.45) is 1.90. The fraction of sp³-hybridized carbons (Fsp3) is 0.227. The normalized spacial score (nSPS) is 10.6. The summed E-state index contributed by atoms with van der Waals surface area (Å²) >= 11 is 0. The highest BCUT2D eigenvalue weighted by Gasteiger charge is 2.05. The molecule has 1 N–H and O–H groups in total. The largest absolute Gasteiger partial charge is 0.378 e. The van der Waals surface area contributed by atoms with Gasteiger partial charge in [-0.1, -0.05) is 42.5 Å². The molecule has 3 aromatic rings. The van der Waals surface area contributed by atoms with Crippen LogP contribution in [-0.4, -0.2) is 26.5 Å². The van der Waals surface area contributed by atoms with Crippen molar-refractivity contribution in [3.05, 3.63) is 77.9 Å². The summed E-state index contributed by atoms with van der Waals surface area (Å²) in [4.78, 5) is 14.4. The van der Waals surface area contributed by atoms with Gasteiger partial charge in [-0.2, -0.15) is 0 Å². The summed E-state index contributed by atoms with van der Waals surface area (Å²) in [6.45, 7) is 0.682. The Kier molecular flexibility index (Phi) is 5.34. The Balaban J connectivity index is 1.50. The van der Waals surface area contributed by atoms with E-state index in [0.717, 1.165) is 23.6 Å². The Morgan fingerprint density at radius 3 is 2.36 bits per heavy atom. The van der Waals surface area contributed by atoms with E-state index in [4.69, 9.17) is 0 Å². The molecule has 0 saturated heterocycles. The average Bonchev–Trinajstić information content (AvgIpc) is 2.65. The predicted octanol–water partition coefficient (Wildman–Crippen LogP) is 4.27. The molecule has 25 heavy (non-hydrogen) atoms. The molecule has 0 bridgehead atoms. The number of hydrogen-bond acceptors (Lipinski definition) is 2. The molecule has 0 aliphatic carbocycles. The fourth-order valence-corrected chi connectivity index (χ4v) is 2.89. The standard InChI is InChI=1S/C22H24N2O/c1-24(2)21-13-9-17(10-14-21)6-5-15-23-22(25)20-12-11-18-7-3-4-8-19(18)16-20/h3-4,7-14,16H,5-6,15H2,1-2H3,(H,23,25). The molecular weight excluding hydrogens is 308 g/mol. The zero-order chi connectivity index (χ0) is 17.6. The van der Waals surface area contributed by atoms with Crippen molar-refractivity contribution in [1.29, 1.82) is 0 Å². The third-order valence-electron chi connectivity index (χ3n) is 4.39. The fourth-order valence-electron chi connectivity index (χ4n) is 2.89. The highest BCUT2D eigenvalue weighted by Crippen LogP contribution is 2.16. The molecule has 128 valence electrons. The minimum atomic E-state index is -0.00583. The summed E-state index contributed by atoms with van der Waals surface area (Å²) < 4.78 is 0. The molecule has 0 aliphatic rings. The van der Waals surface area contributed by atoms with Gasteiger partial charge in [-0.15, -0.1) is 0 Å². The third-order valence-corrected chi connectivity index (χ3v) is 4.39. The lowest BCUT2D eigenvalue weighted by molar-refractivity contribution is 0.0953. The van der Waals surface area contributed by atoms with E-state index in [1.165, 1.54) is 11.3 Å². The maximum Gasteiger partial charge on any atom is 0.251 e. The Labute approximate surface area is 149 Å². The molecule has 0 heterocycles. The SMILES string of the molecule is CN(C)c1ccc(CCCNC(=O)c2ccc3ccccc3c2)cc1. The van der Waals surface area contributed by atoms with Crippen LogP contribution in [0.3, 0.4) is 0 Å². The first-order valence-electron chi connectivity index (χ1n) is 8.67. The molecule has 1 amide bonds. The van der Waals surface area contributed by atoms with Crippen LogP contribution in [0.2, 0.25) is 0 Å². The van der Waals surface area contributed by atoms with Crippen molar-refractivity contribution in [2.24, 2.45) is 0 Å². The van der Waals surface area contributed by atoms with E-state index in [1.54, 1.807) is 0 Å². The molecule has 0 atom stereocenters. The second-order valence-corrected chi connectivity index (χ2v) is 6.48. The summed E-state index contributed by atoms with van der Waals surface area (Å²) in [6, 6.07) is 22.5. The van der Waals surface area contributed by atoms with Gasteiger partial charge in [0.2, 0.25) is 0 Å². The van der Waals surface area contributed by atoms with E-state index in [9.17, 15) is 4.79 Å². The lowest BCUT2D eigenvalue weighted by Gasteiger charge is -2.12. The molecule has 3 heteroatoms. The summed E-state index contributed by atoms with van der Waals surface area (Å²) in [5.74, 6) is -0.00583. The van der Waals surface area contributed by atoms with Crippen molar-refractivity contribution in [1.82, 2.24) is 5.32 Å². The molecule has 0 unspecified atom stereocenters. The Morgan fingerprint density at radius 2 is 1.64 bits per heavy atom. The number of amides is 1. The number of benzene rings is 3. The highest BCUT2D eigenvalue weighted by atomic mass is 16.1. The van der Waals surface area contributed by atoms with Gasteiger partial charge in [0, 0.05) is 31.9 Å². The van der Waals surface area contributed by atoms with Crippen LogP contribution in [0.15, 0.2) is 66.7 Å². The Bertz CT molecular complexity index is 853. The summed E-state index contributed by atoms with van der Waals surface area (Å²) in [7, 11) is 4.08. The van der Waals surface area contributed by atoms with Crippen LogP contribution in [-0.2, 0) is 6.42 Å². The van der Waals surface area contributed by atoms with Gasteiger partial charge in [-0.3, -0.25) is 4.79 Å². The van der Waals surface area contributed by atoms with Crippen LogP contribution in [0.25, 0.3) is 10.8 Å². The number of carbonyl (C=O) groups excluding carboxylic acids is 1. The molecule has 0 fully saturated rings. The Morgan fingerprint density at radius 1 is 0.920 bits per heavy atom. The van der Waals surface area contributed by atoms with Crippen molar-refractivity contribution >= 4 is 22.4 Å². The lowest BCUT2D eigenvalue weighted by Crippen LogP contribution is -2.24. The molecule has 3 aromatic carbocycles. The number of carbonyl (C=O) groups is 1. The van der Waals surface area contributed by atoms with Crippen LogP contribution < -0.4 is 10.2 Å². The van der Waals surface area contributed by atoms with Crippen molar-refractivity contribution in [3.63, 3.8) is 0 Å². The van der Waals surface area contributed by atoms with Gasteiger partial charge >= 0.3 is 0 Å². The van der Waals surface area contributed by atoms with E-state index < -0.39 is 0 Å². The first kappa shape index (κ1) is 17.0. The number of anilines is 1. The number of nitrogens with one attached hydrogen (secondary N) is 1.